The smallest absolute Gasteiger partial charge is 0.0664 e. The zero-order chi connectivity index (χ0) is 13.4. The summed E-state index contributed by atoms with van der Waals surface area (Å²) in [6, 6.07) is 4.34. The predicted molar refractivity (Wildman–Crippen MR) is 77.1 cm³/mol. The molecule has 1 unspecified atom stereocenters. The Morgan fingerprint density at radius 3 is 2.78 bits per heavy atom. The lowest BCUT2D eigenvalue weighted by atomic mass is 10.2. The third-order valence-corrected chi connectivity index (χ3v) is 3.92. The van der Waals surface area contributed by atoms with Crippen molar-refractivity contribution in [3.05, 3.63) is 21.9 Å². The van der Waals surface area contributed by atoms with E-state index in [1.165, 1.54) is 9.75 Å². The molecule has 1 N–H and O–H groups in total. The van der Waals surface area contributed by atoms with Crippen LogP contribution in [0.3, 0.4) is 0 Å². The highest BCUT2D eigenvalue weighted by atomic mass is 32.1. The van der Waals surface area contributed by atoms with Gasteiger partial charge in [-0.15, -0.1) is 11.3 Å². The average molecular weight is 271 g/mol. The van der Waals surface area contributed by atoms with Crippen molar-refractivity contribution in [2.75, 3.05) is 26.8 Å². The average Bonchev–Trinajstić information content (AvgIpc) is 2.74. The highest BCUT2D eigenvalue weighted by Gasteiger charge is 2.11. The first-order valence-corrected chi connectivity index (χ1v) is 7.42. The van der Waals surface area contributed by atoms with Gasteiger partial charge in [-0.25, -0.2) is 0 Å². The first-order chi connectivity index (χ1) is 8.65. The van der Waals surface area contributed by atoms with Gasteiger partial charge in [0, 0.05) is 43.1 Å². The maximum Gasteiger partial charge on any atom is 0.0664 e. The molecule has 0 bridgehead atoms. The normalized spacial score (nSPS) is 13.2. The Morgan fingerprint density at radius 2 is 2.22 bits per heavy atom. The van der Waals surface area contributed by atoms with E-state index in [1.807, 2.05) is 18.3 Å². The van der Waals surface area contributed by atoms with E-state index in [2.05, 4.69) is 24.0 Å². The quantitative estimate of drug-likeness (QED) is 0.701. The maximum absolute atomic E-state index is 9.80. The topological polar surface area (TPSA) is 32.7 Å². The number of hydrogen-bond donors (Lipinski definition) is 1. The Morgan fingerprint density at radius 1 is 1.44 bits per heavy atom. The molecular formula is C14H25NO2S. The van der Waals surface area contributed by atoms with Crippen molar-refractivity contribution < 1.29 is 9.84 Å². The molecule has 18 heavy (non-hydrogen) atoms. The first kappa shape index (κ1) is 15.6. The number of aryl methyl sites for hydroxylation is 1. The Hall–Kier alpha value is -0.420. The van der Waals surface area contributed by atoms with Crippen molar-refractivity contribution in [3.63, 3.8) is 0 Å². The minimum absolute atomic E-state index is 0.228. The fourth-order valence-electron chi connectivity index (χ4n) is 1.89. The first-order valence-electron chi connectivity index (χ1n) is 6.60. The van der Waals surface area contributed by atoms with Crippen molar-refractivity contribution >= 4 is 11.3 Å². The van der Waals surface area contributed by atoms with Crippen LogP contribution < -0.4 is 0 Å². The molecule has 0 aliphatic carbocycles. The maximum atomic E-state index is 9.80. The molecule has 1 rings (SSSR count). The Bertz CT molecular complexity index is 327. The van der Waals surface area contributed by atoms with E-state index in [0.29, 0.717) is 0 Å². The number of aliphatic hydroxyl groups is 1. The van der Waals surface area contributed by atoms with Crippen LogP contribution in [0.15, 0.2) is 12.1 Å². The molecule has 1 heterocycles. The molecule has 0 saturated carbocycles. The second-order valence-corrected chi connectivity index (χ2v) is 6.03. The van der Waals surface area contributed by atoms with Gasteiger partial charge in [0.15, 0.2) is 0 Å². The number of hydrogen-bond acceptors (Lipinski definition) is 4. The van der Waals surface area contributed by atoms with Gasteiger partial charge in [-0.1, -0.05) is 6.92 Å². The van der Waals surface area contributed by atoms with Crippen molar-refractivity contribution in [2.24, 2.45) is 0 Å². The summed E-state index contributed by atoms with van der Waals surface area (Å²) < 4.78 is 5.09. The number of ether oxygens (including phenoxy) is 1. The van der Waals surface area contributed by atoms with Crippen LogP contribution in [0.2, 0.25) is 0 Å². The summed E-state index contributed by atoms with van der Waals surface area (Å²) in [4.78, 5) is 5.03. The molecule has 1 aromatic rings. The van der Waals surface area contributed by atoms with Crippen molar-refractivity contribution in [1.29, 1.82) is 0 Å². The highest BCUT2D eigenvalue weighted by molar-refractivity contribution is 7.11. The largest absolute Gasteiger partial charge is 0.392 e. The molecule has 1 atom stereocenters. The van der Waals surface area contributed by atoms with Crippen LogP contribution in [0.4, 0.5) is 0 Å². The third kappa shape index (κ3) is 5.96. The predicted octanol–water partition coefficient (Wildman–Crippen LogP) is 2.67. The number of thiophene rings is 1. The van der Waals surface area contributed by atoms with Gasteiger partial charge in [-0.2, -0.15) is 0 Å². The summed E-state index contributed by atoms with van der Waals surface area (Å²) in [6.07, 6.45) is 1.59. The Labute approximate surface area is 114 Å². The standard InChI is InChI=1S/C14H25NO2S/c1-4-13(16)10-15(8-5-9-17-3)11-14-7-6-12(2)18-14/h6-7,13,16H,4-5,8-11H2,1-3H3. The SMILES string of the molecule is CCC(O)CN(CCCOC)Cc1ccc(C)s1. The van der Waals surface area contributed by atoms with Crippen LogP contribution in [0.1, 0.15) is 29.5 Å². The lowest BCUT2D eigenvalue weighted by Crippen LogP contribution is -2.32. The van der Waals surface area contributed by atoms with Gasteiger partial charge in [0.1, 0.15) is 0 Å². The fourth-order valence-corrected chi connectivity index (χ4v) is 2.82. The van der Waals surface area contributed by atoms with Crippen LogP contribution in [-0.4, -0.2) is 42.9 Å². The summed E-state index contributed by atoms with van der Waals surface area (Å²) in [5, 5.41) is 9.80. The molecule has 0 fully saturated rings. The lowest BCUT2D eigenvalue weighted by molar-refractivity contribution is 0.0973. The lowest BCUT2D eigenvalue weighted by Gasteiger charge is -2.24. The van der Waals surface area contributed by atoms with Gasteiger partial charge in [0.05, 0.1) is 6.10 Å². The zero-order valence-corrected chi connectivity index (χ0v) is 12.5. The van der Waals surface area contributed by atoms with Gasteiger partial charge < -0.3 is 9.84 Å². The van der Waals surface area contributed by atoms with E-state index >= 15 is 0 Å². The molecule has 0 aliphatic heterocycles. The van der Waals surface area contributed by atoms with E-state index in [-0.39, 0.29) is 6.10 Å². The van der Waals surface area contributed by atoms with Crippen molar-refractivity contribution in [3.8, 4) is 0 Å². The number of rotatable bonds is 9. The summed E-state index contributed by atoms with van der Waals surface area (Å²) >= 11 is 1.84. The molecule has 3 nitrogen and oxygen atoms in total. The van der Waals surface area contributed by atoms with Crippen molar-refractivity contribution in [2.45, 2.75) is 39.3 Å². The molecule has 1 aromatic heterocycles. The molecule has 0 radical (unpaired) electrons. The Balaban J connectivity index is 2.47. The number of nitrogens with zero attached hydrogens (tertiary/aromatic N) is 1. The summed E-state index contributed by atoms with van der Waals surface area (Å²) in [5.41, 5.74) is 0. The van der Waals surface area contributed by atoms with Crippen LogP contribution in [-0.2, 0) is 11.3 Å². The minimum Gasteiger partial charge on any atom is -0.392 e. The van der Waals surface area contributed by atoms with E-state index in [0.717, 1.165) is 39.1 Å². The van der Waals surface area contributed by atoms with E-state index in [1.54, 1.807) is 7.11 Å². The van der Waals surface area contributed by atoms with E-state index < -0.39 is 0 Å². The van der Waals surface area contributed by atoms with E-state index in [9.17, 15) is 5.11 Å². The molecule has 0 amide bonds. The Kier molecular flexibility index (Phi) is 7.51. The van der Waals surface area contributed by atoms with Gasteiger partial charge in [-0.3, -0.25) is 4.90 Å². The van der Waals surface area contributed by atoms with Gasteiger partial charge in [0.2, 0.25) is 0 Å². The second-order valence-electron chi connectivity index (χ2n) is 4.66. The fraction of sp³-hybridized carbons (Fsp3) is 0.714. The highest BCUT2D eigenvalue weighted by Crippen LogP contribution is 2.17. The summed E-state index contributed by atoms with van der Waals surface area (Å²) in [5.74, 6) is 0. The summed E-state index contributed by atoms with van der Waals surface area (Å²) in [7, 11) is 1.73. The second kappa shape index (κ2) is 8.64. The zero-order valence-electron chi connectivity index (χ0n) is 11.7. The minimum atomic E-state index is -0.228. The molecule has 0 spiro atoms. The van der Waals surface area contributed by atoms with Gasteiger partial charge in [-0.05, 0) is 31.9 Å². The number of methoxy groups -OCH3 is 1. The number of aliphatic hydroxyl groups excluding tert-OH is 1. The van der Waals surface area contributed by atoms with Crippen LogP contribution in [0.5, 0.6) is 0 Å². The van der Waals surface area contributed by atoms with Gasteiger partial charge in [0.25, 0.3) is 0 Å². The third-order valence-electron chi connectivity index (χ3n) is 2.94. The molecule has 0 saturated heterocycles. The van der Waals surface area contributed by atoms with Crippen molar-refractivity contribution in [1.82, 2.24) is 4.90 Å². The molecule has 104 valence electrons. The summed E-state index contributed by atoms with van der Waals surface area (Å²) in [6.45, 7) is 7.58. The van der Waals surface area contributed by atoms with Crippen LogP contribution in [0, 0.1) is 6.92 Å². The molecular weight excluding hydrogens is 246 g/mol. The molecule has 4 heteroatoms. The van der Waals surface area contributed by atoms with E-state index in [4.69, 9.17) is 4.74 Å². The molecule has 0 aliphatic rings. The van der Waals surface area contributed by atoms with Crippen LogP contribution in [0.25, 0.3) is 0 Å². The van der Waals surface area contributed by atoms with Crippen LogP contribution >= 0.6 is 11.3 Å². The monoisotopic (exact) mass is 271 g/mol. The van der Waals surface area contributed by atoms with Gasteiger partial charge >= 0.3 is 0 Å². The molecule has 0 aromatic carbocycles.